The maximum absolute atomic E-state index is 12.1. The van der Waals surface area contributed by atoms with Gasteiger partial charge in [-0.2, -0.15) is 0 Å². The van der Waals surface area contributed by atoms with Gasteiger partial charge in [0.1, 0.15) is 5.01 Å². The Balaban J connectivity index is 1.59. The van der Waals surface area contributed by atoms with Crippen LogP contribution in [-0.2, 0) is 16.0 Å². The van der Waals surface area contributed by atoms with Crippen molar-refractivity contribution in [2.24, 2.45) is 0 Å². The number of nitrogens with one attached hydrogen (secondary N) is 1. The summed E-state index contributed by atoms with van der Waals surface area (Å²) >= 11 is 4.09. The largest absolute Gasteiger partial charge is 0.461 e. The molecule has 0 atom stereocenters. The fourth-order valence-electron chi connectivity index (χ4n) is 1.78. The van der Waals surface area contributed by atoms with E-state index in [1.54, 1.807) is 18.3 Å². The van der Waals surface area contributed by atoms with Gasteiger partial charge in [0.05, 0.1) is 23.6 Å². The van der Waals surface area contributed by atoms with Crippen molar-refractivity contribution in [3.05, 3.63) is 33.6 Å². The molecule has 0 bridgehead atoms. The first kappa shape index (κ1) is 16.7. The number of amides is 1. The van der Waals surface area contributed by atoms with Gasteiger partial charge in [0, 0.05) is 5.38 Å². The van der Waals surface area contributed by atoms with Crippen molar-refractivity contribution in [1.29, 1.82) is 0 Å². The molecule has 0 aliphatic heterocycles. The summed E-state index contributed by atoms with van der Waals surface area (Å²) in [6, 6.07) is 3.95. The molecule has 0 spiro atoms. The Bertz CT molecular complexity index is 841. The second kappa shape index (κ2) is 7.60. The SMILES string of the molecule is CCOC(=O)c1nnc(NC(=O)Cc2csc(-c3cccs3)n2)s1. The van der Waals surface area contributed by atoms with Crippen LogP contribution in [0.1, 0.15) is 22.4 Å². The average molecular weight is 380 g/mol. The van der Waals surface area contributed by atoms with Crippen molar-refractivity contribution in [1.82, 2.24) is 15.2 Å². The lowest BCUT2D eigenvalue weighted by Gasteiger charge is -1.98. The number of thiazole rings is 1. The van der Waals surface area contributed by atoms with Crippen LogP contribution < -0.4 is 5.32 Å². The van der Waals surface area contributed by atoms with Crippen molar-refractivity contribution in [2.75, 3.05) is 11.9 Å². The van der Waals surface area contributed by atoms with Crippen molar-refractivity contribution < 1.29 is 14.3 Å². The van der Waals surface area contributed by atoms with Gasteiger partial charge in [-0.05, 0) is 18.4 Å². The van der Waals surface area contributed by atoms with Gasteiger partial charge < -0.3 is 10.1 Å². The number of rotatable bonds is 6. The first-order valence-electron chi connectivity index (χ1n) is 6.94. The van der Waals surface area contributed by atoms with Crippen LogP contribution in [0.3, 0.4) is 0 Å². The Labute approximate surface area is 149 Å². The molecule has 3 rings (SSSR count). The Morgan fingerprint density at radius 1 is 1.29 bits per heavy atom. The molecule has 124 valence electrons. The van der Waals surface area contributed by atoms with Crippen LogP contribution in [0.4, 0.5) is 5.13 Å². The predicted molar refractivity (Wildman–Crippen MR) is 93.6 cm³/mol. The van der Waals surface area contributed by atoms with Crippen LogP contribution in [-0.4, -0.2) is 33.7 Å². The highest BCUT2D eigenvalue weighted by Gasteiger charge is 2.16. The first-order valence-corrected chi connectivity index (χ1v) is 9.52. The Kier molecular flexibility index (Phi) is 5.28. The van der Waals surface area contributed by atoms with Crippen molar-refractivity contribution in [3.8, 4) is 9.88 Å². The molecule has 0 radical (unpaired) electrons. The van der Waals surface area contributed by atoms with Gasteiger partial charge in [-0.15, -0.1) is 32.9 Å². The standard InChI is InChI=1S/C14H12N4O3S3/c1-2-21-13(20)12-17-18-14(24-12)16-10(19)6-8-7-23-11(15-8)9-4-3-5-22-9/h3-5,7H,2,6H2,1H3,(H,16,18,19). The number of carbonyl (C=O) groups is 2. The maximum atomic E-state index is 12.1. The van der Waals surface area contributed by atoms with Crippen LogP contribution in [0.2, 0.25) is 0 Å². The van der Waals surface area contributed by atoms with E-state index in [2.05, 4.69) is 20.5 Å². The van der Waals surface area contributed by atoms with Crippen LogP contribution in [0.15, 0.2) is 22.9 Å². The molecule has 0 fully saturated rings. The number of anilines is 1. The second-order valence-corrected chi connectivity index (χ2v) is 7.26. The summed E-state index contributed by atoms with van der Waals surface area (Å²) in [5.41, 5.74) is 0.691. The molecule has 3 aromatic rings. The lowest BCUT2D eigenvalue weighted by atomic mass is 10.3. The van der Waals surface area contributed by atoms with Gasteiger partial charge in [0.2, 0.25) is 16.0 Å². The summed E-state index contributed by atoms with van der Waals surface area (Å²) in [5.74, 6) is -0.805. The molecule has 0 aliphatic rings. The monoisotopic (exact) mass is 380 g/mol. The van der Waals surface area contributed by atoms with E-state index in [0.717, 1.165) is 21.2 Å². The fraction of sp³-hybridized carbons (Fsp3) is 0.214. The molecule has 0 unspecified atom stereocenters. The molecule has 1 N–H and O–H groups in total. The minimum absolute atomic E-state index is 0.112. The number of hydrogen-bond acceptors (Lipinski definition) is 9. The number of carbonyl (C=O) groups excluding carboxylic acids is 2. The topological polar surface area (TPSA) is 94.1 Å². The Hall–Kier alpha value is -2.17. The number of esters is 1. The molecule has 3 aromatic heterocycles. The van der Waals surface area contributed by atoms with E-state index in [0.29, 0.717) is 5.69 Å². The molecule has 7 nitrogen and oxygen atoms in total. The van der Waals surface area contributed by atoms with Gasteiger partial charge in [0.15, 0.2) is 0 Å². The molecule has 10 heteroatoms. The fourth-order valence-corrected chi connectivity index (χ4v) is 4.07. The highest BCUT2D eigenvalue weighted by atomic mass is 32.1. The predicted octanol–water partition coefficient (Wildman–Crippen LogP) is 3.08. The summed E-state index contributed by atoms with van der Waals surface area (Å²) in [4.78, 5) is 29.1. The molecule has 0 saturated carbocycles. The molecule has 0 aromatic carbocycles. The highest BCUT2D eigenvalue weighted by Crippen LogP contribution is 2.28. The number of ether oxygens (including phenoxy) is 1. The first-order chi connectivity index (χ1) is 11.7. The van der Waals surface area contributed by atoms with Crippen LogP contribution in [0, 0.1) is 0 Å². The van der Waals surface area contributed by atoms with E-state index in [1.165, 1.54) is 11.3 Å². The van der Waals surface area contributed by atoms with E-state index in [-0.39, 0.29) is 29.1 Å². The molecule has 24 heavy (non-hydrogen) atoms. The van der Waals surface area contributed by atoms with E-state index >= 15 is 0 Å². The van der Waals surface area contributed by atoms with Gasteiger partial charge in [-0.3, -0.25) is 4.79 Å². The van der Waals surface area contributed by atoms with Crippen LogP contribution >= 0.6 is 34.0 Å². The zero-order chi connectivity index (χ0) is 16.9. The lowest BCUT2D eigenvalue weighted by Crippen LogP contribution is -2.14. The quantitative estimate of drug-likeness (QED) is 0.661. The van der Waals surface area contributed by atoms with Gasteiger partial charge >= 0.3 is 5.97 Å². The van der Waals surface area contributed by atoms with Crippen molar-refractivity contribution in [3.63, 3.8) is 0 Å². The maximum Gasteiger partial charge on any atom is 0.369 e. The normalized spacial score (nSPS) is 10.5. The third kappa shape index (κ3) is 4.02. The molecule has 1 amide bonds. The summed E-state index contributed by atoms with van der Waals surface area (Å²) < 4.78 is 4.83. The molecule has 0 saturated heterocycles. The van der Waals surface area contributed by atoms with E-state index < -0.39 is 5.97 Å². The van der Waals surface area contributed by atoms with Crippen LogP contribution in [0.5, 0.6) is 0 Å². The lowest BCUT2D eigenvalue weighted by molar-refractivity contribution is -0.115. The third-order valence-corrected chi connectivity index (χ3v) is 5.50. The van der Waals surface area contributed by atoms with E-state index in [1.807, 2.05) is 22.9 Å². The number of nitrogens with zero attached hydrogens (tertiary/aromatic N) is 3. The van der Waals surface area contributed by atoms with Gasteiger partial charge in [0.25, 0.3) is 0 Å². The zero-order valence-corrected chi connectivity index (χ0v) is 15.0. The second-order valence-electron chi connectivity index (χ2n) is 4.48. The van der Waals surface area contributed by atoms with Gasteiger partial charge in [-0.25, -0.2) is 9.78 Å². The van der Waals surface area contributed by atoms with E-state index in [4.69, 9.17) is 4.74 Å². The number of aromatic nitrogens is 3. The molecule has 0 aliphatic carbocycles. The van der Waals surface area contributed by atoms with Crippen molar-refractivity contribution in [2.45, 2.75) is 13.3 Å². The highest BCUT2D eigenvalue weighted by molar-refractivity contribution is 7.20. The minimum atomic E-state index is -0.546. The average Bonchev–Trinajstić information content (AvgIpc) is 3.28. The minimum Gasteiger partial charge on any atom is -0.461 e. The third-order valence-electron chi connectivity index (χ3n) is 2.75. The Morgan fingerprint density at radius 3 is 2.92 bits per heavy atom. The summed E-state index contributed by atoms with van der Waals surface area (Å²) in [6.45, 7) is 1.97. The summed E-state index contributed by atoms with van der Waals surface area (Å²) in [6.07, 6.45) is 0.135. The zero-order valence-electron chi connectivity index (χ0n) is 12.5. The summed E-state index contributed by atoms with van der Waals surface area (Å²) in [7, 11) is 0. The number of thiophene rings is 1. The molecule has 3 heterocycles. The number of hydrogen-bond donors (Lipinski definition) is 1. The molecular formula is C14H12N4O3S3. The smallest absolute Gasteiger partial charge is 0.369 e. The Morgan fingerprint density at radius 2 is 2.17 bits per heavy atom. The molecular weight excluding hydrogens is 368 g/mol. The van der Waals surface area contributed by atoms with E-state index in [9.17, 15) is 9.59 Å². The van der Waals surface area contributed by atoms with Gasteiger partial charge in [-0.1, -0.05) is 17.4 Å². The van der Waals surface area contributed by atoms with Crippen LogP contribution in [0.25, 0.3) is 9.88 Å². The summed E-state index contributed by atoms with van der Waals surface area (Å²) in [5, 5.41) is 15.2. The van der Waals surface area contributed by atoms with Crippen molar-refractivity contribution >= 4 is 51.0 Å².